The summed E-state index contributed by atoms with van der Waals surface area (Å²) >= 11 is 1.71. The van der Waals surface area contributed by atoms with Crippen LogP contribution in [0.4, 0.5) is 0 Å². The van der Waals surface area contributed by atoms with E-state index in [2.05, 4.69) is 22.8 Å². The third-order valence-corrected chi connectivity index (χ3v) is 4.23. The normalized spacial score (nSPS) is 23.4. The molecule has 2 atom stereocenters. The fourth-order valence-electron chi connectivity index (χ4n) is 2.27. The van der Waals surface area contributed by atoms with Gasteiger partial charge in [0.1, 0.15) is 5.01 Å². The van der Waals surface area contributed by atoms with Gasteiger partial charge in [-0.05, 0) is 6.42 Å². The van der Waals surface area contributed by atoms with E-state index in [4.69, 9.17) is 9.72 Å². The Kier molecular flexibility index (Phi) is 3.41. The molecule has 2 aromatic rings. The molecule has 1 aliphatic heterocycles. The molecule has 0 amide bonds. The first-order valence-corrected chi connectivity index (χ1v) is 7.02. The van der Waals surface area contributed by atoms with E-state index in [1.54, 1.807) is 18.4 Å². The molecule has 0 bridgehead atoms. The predicted molar refractivity (Wildman–Crippen MR) is 73.7 cm³/mol. The molecule has 3 rings (SSSR count). The summed E-state index contributed by atoms with van der Waals surface area (Å²) in [5.74, 6) is 0. The van der Waals surface area contributed by atoms with Gasteiger partial charge in [0.15, 0.2) is 0 Å². The van der Waals surface area contributed by atoms with Crippen LogP contribution in [0.2, 0.25) is 0 Å². The van der Waals surface area contributed by atoms with Crippen LogP contribution < -0.4 is 5.32 Å². The van der Waals surface area contributed by atoms with Gasteiger partial charge in [0.2, 0.25) is 0 Å². The molecule has 1 aromatic heterocycles. The highest BCUT2D eigenvalue weighted by molar-refractivity contribution is 7.13. The van der Waals surface area contributed by atoms with Crippen LogP contribution in [0.5, 0.6) is 0 Å². The van der Waals surface area contributed by atoms with E-state index >= 15 is 0 Å². The summed E-state index contributed by atoms with van der Waals surface area (Å²) < 4.78 is 5.37. The molecule has 1 saturated heterocycles. The van der Waals surface area contributed by atoms with E-state index in [-0.39, 0.29) is 0 Å². The zero-order chi connectivity index (χ0) is 12.4. The second-order valence-electron chi connectivity index (χ2n) is 4.50. The van der Waals surface area contributed by atoms with Crippen molar-refractivity contribution in [1.82, 2.24) is 10.3 Å². The van der Waals surface area contributed by atoms with Crippen LogP contribution in [0.15, 0.2) is 35.7 Å². The van der Waals surface area contributed by atoms with Crippen LogP contribution in [0, 0.1) is 0 Å². The number of benzene rings is 1. The van der Waals surface area contributed by atoms with E-state index in [0.717, 1.165) is 23.7 Å². The molecule has 18 heavy (non-hydrogen) atoms. The molecule has 3 nitrogen and oxygen atoms in total. The monoisotopic (exact) mass is 260 g/mol. The summed E-state index contributed by atoms with van der Waals surface area (Å²) in [6.07, 6.45) is 1.32. The van der Waals surface area contributed by atoms with Gasteiger partial charge >= 0.3 is 0 Å². The van der Waals surface area contributed by atoms with Crippen LogP contribution in [0.3, 0.4) is 0 Å². The zero-order valence-electron chi connectivity index (χ0n) is 10.3. The Balaban J connectivity index is 1.78. The molecule has 2 unspecified atom stereocenters. The van der Waals surface area contributed by atoms with Gasteiger partial charge in [0.25, 0.3) is 0 Å². The molecule has 0 saturated carbocycles. The lowest BCUT2D eigenvalue weighted by molar-refractivity contribution is 0.117. The molecule has 2 heterocycles. The summed E-state index contributed by atoms with van der Waals surface area (Å²) in [5.41, 5.74) is 2.33. The first kappa shape index (κ1) is 11.8. The van der Waals surface area contributed by atoms with Gasteiger partial charge < -0.3 is 10.1 Å². The molecule has 0 aliphatic carbocycles. The van der Waals surface area contributed by atoms with Crippen molar-refractivity contribution in [1.29, 1.82) is 0 Å². The Morgan fingerprint density at radius 2 is 2.17 bits per heavy atom. The number of nitrogens with one attached hydrogen (secondary N) is 1. The maximum Gasteiger partial charge on any atom is 0.123 e. The minimum atomic E-state index is 0.317. The summed E-state index contributed by atoms with van der Waals surface area (Å²) in [6, 6.07) is 10.7. The van der Waals surface area contributed by atoms with Gasteiger partial charge in [-0.25, -0.2) is 4.98 Å². The zero-order valence-corrected chi connectivity index (χ0v) is 11.1. The highest BCUT2D eigenvalue weighted by atomic mass is 32.1. The number of aromatic nitrogens is 1. The van der Waals surface area contributed by atoms with Gasteiger partial charge in [-0.1, -0.05) is 30.3 Å². The van der Waals surface area contributed by atoms with Crippen molar-refractivity contribution in [3.63, 3.8) is 0 Å². The SMILES string of the molecule is COC1CNC(c2csc(-c3ccccc3)n2)C1. The molecular weight excluding hydrogens is 244 g/mol. The Labute approximate surface area is 111 Å². The second-order valence-corrected chi connectivity index (χ2v) is 5.36. The van der Waals surface area contributed by atoms with E-state index in [1.807, 2.05) is 18.2 Å². The summed E-state index contributed by atoms with van der Waals surface area (Å²) in [7, 11) is 1.77. The molecule has 0 spiro atoms. The molecule has 0 radical (unpaired) electrons. The van der Waals surface area contributed by atoms with Crippen LogP contribution >= 0.6 is 11.3 Å². The average molecular weight is 260 g/mol. The third kappa shape index (κ3) is 2.32. The van der Waals surface area contributed by atoms with Crippen LogP contribution in [-0.4, -0.2) is 24.7 Å². The van der Waals surface area contributed by atoms with Crippen LogP contribution in [-0.2, 0) is 4.74 Å². The number of hydrogen-bond donors (Lipinski definition) is 1. The Morgan fingerprint density at radius 3 is 2.89 bits per heavy atom. The van der Waals surface area contributed by atoms with Gasteiger partial charge in [0.05, 0.1) is 17.8 Å². The smallest absolute Gasteiger partial charge is 0.123 e. The average Bonchev–Trinajstić information content (AvgIpc) is 3.08. The number of nitrogens with zero attached hydrogens (tertiary/aromatic N) is 1. The first-order chi connectivity index (χ1) is 8.86. The van der Waals surface area contributed by atoms with Crippen molar-refractivity contribution in [3.8, 4) is 10.6 Å². The third-order valence-electron chi connectivity index (χ3n) is 3.32. The summed E-state index contributed by atoms with van der Waals surface area (Å²) in [6.45, 7) is 0.916. The maximum absolute atomic E-state index is 5.37. The van der Waals surface area contributed by atoms with E-state index in [1.165, 1.54) is 5.56 Å². The quantitative estimate of drug-likeness (QED) is 0.921. The predicted octanol–water partition coefficient (Wildman–Crippen LogP) is 2.86. The lowest BCUT2D eigenvalue weighted by atomic mass is 10.1. The maximum atomic E-state index is 5.37. The van der Waals surface area contributed by atoms with Crippen LogP contribution in [0.25, 0.3) is 10.6 Å². The number of methoxy groups -OCH3 is 1. The van der Waals surface area contributed by atoms with Crippen LogP contribution in [0.1, 0.15) is 18.2 Å². The summed E-state index contributed by atoms with van der Waals surface area (Å²) in [5, 5.41) is 6.70. The van der Waals surface area contributed by atoms with Gasteiger partial charge in [-0.2, -0.15) is 0 Å². The van der Waals surface area contributed by atoms with E-state index in [0.29, 0.717) is 12.1 Å². The minimum Gasteiger partial charge on any atom is -0.380 e. The van der Waals surface area contributed by atoms with E-state index < -0.39 is 0 Å². The minimum absolute atomic E-state index is 0.317. The fourth-order valence-corrected chi connectivity index (χ4v) is 3.15. The summed E-state index contributed by atoms with van der Waals surface area (Å²) in [4.78, 5) is 4.73. The molecular formula is C14H16N2OS. The van der Waals surface area contributed by atoms with Gasteiger partial charge in [-0.15, -0.1) is 11.3 Å². The van der Waals surface area contributed by atoms with Crippen molar-refractivity contribution in [2.75, 3.05) is 13.7 Å². The topological polar surface area (TPSA) is 34.1 Å². The number of ether oxygens (including phenoxy) is 1. The fraction of sp³-hybridized carbons (Fsp3) is 0.357. The van der Waals surface area contributed by atoms with Crippen molar-refractivity contribution in [3.05, 3.63) is 41.4 Å². The number of hydrogen-bond acceptors (Lipinski definition) is 4. The molecule has 1 aromatic carbocycles. The Morgan fingerprint density at radius 1 is 1.33 bits per heavy atom. The molecule has 1 N–H and O–H groups in total. The Hall–Kier alpha value is -1.23. The van der Waals surface area contributed by atoms with Crippen molar-refractivity contribution < 1.29 is 4.74 Å². The number of rotatable bonds is 3. The van der Waals surface area contributed by atoms with Gasteiger partial charge in [0, 0.05) is 24.6 Å². The molecule has 1 fully saturated rings. The van der Waals surface area contributed by atoms with Crippen molar-refractivity contribution in [2.24, 2.45) is 0 Å². The standard InChI is InChI=1S/C14H16N2OS/c1-17-11-7-12(15-8-11)13-9-18-14(16-13)10-5-3-2-4-6-10/h2-6,9,11-12,15H,7-8H2,1H3. The lowest BCUT2D eigenvalue weighted by Crippen LogP contribution is -2.16. The molecule has 94 valence electrons. The second kappa shape index (κ2) is 5.18. The largest absolute Gasteiger partial charge is 0.380 e. The lowest BCUT2D eigenvalue weighted by Gasteiger charge is -2.06. The molecule has 4 heteroatoms. The highest BCUT2D eigenvalue weighted by Crippen LogP contribution is 2.30. The Bertz CT molecular complexity index is 512. The first-order valence-electron chi connectivity index (χ1n) is 6.14. The van der Waals surface area contributed by atoms with Crippen molar-refractivity contribution in [2.45, 2.75) is 18.6 Å². The van der Waals surface area contributed by atoms with Gasteiger partial charge in [-0.3, -0.25) is 0 Å². The van der Waals surface area contributed by atoms with Crippen molar-refractivity contribution >= 4 is 11.3 Å². The highest BCUT2D eigenvalue weighted by Gasteiger charge is 2.26. The molecule has 1 aliphatic rings. The van der Waals surface area contributed by atoms with E-state index in [9.17, 15) is 0 Å². The number of thiazole rings is 1.